The third kappa shape index (κ3) is 4.01. The van der Waals surface area contributed by atoms with E-state index in [2.05, 4.69) is 5.32 Å². The quantitative estimate of drug-likeness (QED) is 0.861. The highest BCUT2D eigenvalue weighted by molar-refractivity contribution is 5.89. The molecule has 0 saturated carbocycles. The number of carboxylic acid groups (broad SMARTS) is 1. The fraction of sp³-hybridized carbons (Fsp3) is 0.455. The highest BCUT2D eigenvalue weighted by atomic mass is 19.4. The number of carbonyl (C=O) groups is 2. The van der Waals surface area contributed by atoms with Gasteiger partial charge in [-0.1, -0.05) is 0 Å². The number of nitrogens with zero attached hydrogens (tertiary/aromatic N) is 1. The Hall–Kier alpha value is -1.99. The minimum absolute atomic E-state index is 0.143. The van der Waals surface area contributed by atoms with E-state index in [1.165, 1.54) is 7.05 Å². The minimum atomic E-state index is -4.71. The van der Waals surface area contributed by atoms with Crippen molar-refractivity contribution >= 4 is 11.9 Å². The molecule has 2 N–H and O–H groups in total. The van der Waals surface area contributed by atoms with Crippen molar-refractivity contribution in [1.29, 1.82) is 0 Å². The Morgan fingerprint density at radius 2 is 2.00 bits per heavy atom. The van der Waals surface area contributed by atoms with Crippen LogP contribution in [0, 0.1) is 0 Å². The first kappa shape index (κ1) is 15.1. The summed E-state index contributed by atoms with van der Waals surface area (Å²) < 4.78 is 38.9. The van der Waals surface area contributed by atoms with Gasteiger partial charge in [0.1, 0.15) is 0 Å². The van der Waals surface area contributed by atoms with Crippen molar-refractivity contribution in [2.45, 2.75) is 25.6 Å². The van der Waals surface area contributed by atoms with Gasteiger partial charge >= 0.3 is 12.1 Å². The van der Waals surface area contributed by atoms with E-state index in [4.69, 9.17) is 5.11 Å². The largest absolute Gasteiger partial charge is 0.478 e. The lowest BCUT2D eigenvalue weighted by molar-refractivity contribution is -0.138. The summed E-state index contributed by atoms with van der Waals surface area (Å²) in [5, 5.41) is 11.1. The predicted octanol–water partition coefficient (Wildman–Crippen LogP) is 1.73. The van der Waals surface area contributed by atoms with Crippen LogP contribution in [0.3, 0.4) is 0 Å². The van der Waals surface area contributed by atoms with Gasteiger partial charge in [0, 0.05) is 32.4 Å². The van der Waals surface area contributed by atoms with Gasteiger partial charge in [-0.05, 0) is 6.42 Å². The molecule has 1 amide bonds. The predicted molar refractivity (Wildman–Crippen MR) is 59.7 cm³/mol. The molecule has 0 unspecified atom stereocenters. The van der Waals surface area contributed by atoms with Gasteiger partial charge in [0.2, 0.25) is 5.91 Å². The summed E-state index contributed by atoms with van der Waals surface area (Å²) in [4.78, 5) is 21.7. The van der Waals surface area contributed by atoms with Gasteiger partial charge in [-0.3, -0.25) is 4.79 Å². The lowest BCUT2D eigenvalue weighted by Gasteiger charge is -2.04. The number of aryl methyl sites for hydroxylation is 1. The topological polar surface area (TPSA) is 71.3 Å². The van der Waals surface area contributed by atoms with Crippen molar-refractivity contribution in [3.05, 3.63) is 23.5 Å². The van der Waals surface area contributed by atoms with Crippen molar-refractivity contribution in [3.63, 3.8) is 0 Å². The van der Waals surface area contributed by atoms with Crippen LogP contribution in [-0.4, -0.2) is 28.6 Å². The second-order valence-electron chi connectivity index (χ2n) is 3.90. The fourth-order valence-electron chi connectivity index (χ4n) is 1.58. The molecular weight excluding hydrogens is 265 g/mol. The molecule has 8 heteroatoms. The number of rotatable bonds is 5. The first-order valence-corrected chi connectivity index (χ1v) is 5.46. The Morgan fingerprint density at radius 1 is 1.37 bits per heavy atom. The number of hydrogen-bond donors (Lipinski definition) is 2. The third-order valence-electron chi connectivity index (χ3n) is 2.51. The van der Waals surface area contributed by atoms with E-state index in [-0.39, 0.29) is 18.9 Å². The van der Waals surface area contributed by atoms with Crippen LogP contribution in [-0.2, 0) is 17.5 Å². The van der Waals surface area contributed by atoms with Gasteiger partial charge in [0.25, 0.3) is 0 Å². The molecule has 1 heterocycles. The number of nitrogens with one attached hydrogen (secondary N) is 1. The Kier molecular flexibility index (Phi) is 4.57. The normalized spacial score (nSPS) is 11.4. The fourth-order valence-corrected chi connectivity index (χ4v) is 1.58. The molecule has 1 aromatic heterocycles. The highest BCUT2D eigenvalue weighted by Gasteiger charge is 2.36. The molecule has 0 fully saturated rings. The van der Waals surface area contributed by atoms with E-state index in [0.29, 0.717) is 6.42 Å². The highest BCUT2D eigenvalue weighted by Crippen LogP contribution is 2.32. The molecular formula is C11H13F3N2O3. The lowest BCUT2D eigenvalue weighted by atomic mass is 10.2. The van der Waals surface area contributed by atoms with Crippen LogP contribution in [0.1, 0.15) is 28.8 Å². The summed E-state index contributed by atoms with van der Waals surface area (Å²) in [7, 11) is 1.46. The van der Waals surface area contributed by atoms with Crippen molar-refractivity contribution < 1.29 is 27.9 Å². The zero-order valence-electron chi connectivity index (χ0n) is 10.1. The number of carboxylic acids is 1. The Labute approximate surface area is 107 Å². The monoisotopic (exact) mass is 278 g/mol. The Bertz CT molecular complexity index is 480. The van der Waals surface area contributed by atoms with Crippen LogP contribution in [0.5, 0.6) is 0 Å². The molecule has 0 aliphatic rings. The number of halogens is 3. The summed E-state index contributed by atoms with van der Waals surface area (Å²) in [6.45, 7) is 0.143. The molecule has 0 aliphatic heterocycles. The standard InChI is InChI=1S/C11H13F3N2O3/c1-15-9(17)3-2-4-16-5-7(10(18)19)8(6-16)11(12,13)14/h5-6H,2-4H2,1H3,(H,15,17)(H,18,19). The molecule has 1 aromatic rings. The van der Waals surface area contributed by atoms with E-state index >= 15 is 0 Å². The van der Waals surface area contributed by atoms with E-state index in [1.807, 2.05) is 0 Å². The SMILES string of the molecule is CNC(=O)CCCn1cc(C(=O)O)c(C(F)(F)F)c1. The van der Waals surface area contributed by atoms with Crippen molar-refractivity contribution in [2.75, 3.05) is 7.05 Å². The number of aromatic carboxylic acids is 1. The number of alkyl halides is 3. The molecule has 1 rings (SSSR count). The maximum absolute atomic E-state index is 12.6. The van der Waals surface area contributed by atoms with Gasteiger partial charge in [0.05, 0.1) is 11.1 Å². The van der Waals surface area contributed by atoms with E-state index in [0.717, 1.165) is 17.0 Å². The Morgan fingerprint density at radius 3 is 2.42 bits per heavy atom. The van der Waals surface area contributed by atoms with Crippen molar-refractivity contribution in [3.8, 4) is 0 Å². The second-order valence-corrected chi connectivity index (χ2v) is 3.90. The molecule has 19 heavy (non-hydrogen) atoms. The zero-order valence-corrected chi connectivity index (χ0v) is 10.1. The molecule has 0 bridgehead atoms. The summed E-state index contributed by atoms with van der Waals surface area (Å²) in [5.74, 6) is -1.85. The maximum atomic E-state index is 12.6. The van der Waals surface area contributed by atoms with E-state index < -0.39 is 23.3 Å². The van der Waals surface area contributed by atoms with E-state index in [9.17, 15) is 22.8 Å². The van der Waals surface area contributed by atoms with Gasteiger partial charge < -0.3 is 15.0 Å². The maximum Gasteiger partial charge on any atom is 0.418 e. The number of aromatic nitrogens is 1. The molecule has 0 aromatic carbocycles. The minimum Gasteiger partial charge on any atom is -0.478 e. The summed E-state index contributed by atoms with van der Waals surface area (Å²) in [6.07, 6.45) is -2.55. The van der Waals surface area contributed by atoms with Gasteiger partial charge in [-0.2, -0.15) is 13.2 Å². The molecule has 0 atom stereocenters. The molecule has 0 saturated heterocycles. The van der Waals surface area contributed by atoms with E-state index in [1.54, 1.807) is 0 Å². The number of carbonyl (C=O) groups excluding carboxylic acids is 1. The first-order chi connectivity index (χ1) is 8.75. The van der Waals surface area contributed by atoms with Crippen LogP contribution in [0.15, 0.2) is 12.4 Å². The van der Waals surface area contributed by atoms with Crippen LogP contribution in [0.4, 0.5) is 13.2 Å². The molecule has 5 nitrogen and oxygen atoms in total. The second kappa shape index (κ2) is 5.77. The molecule has 0 spiro atoms. The molecule has 106 valence electrons. The van der Waals surface area contributed by atoms with Gasteiger partial charge in [0.15, 0.2) is 0 Å². The van der Waals surface area contributed by atoms with Gasteiger partial charge in [-0.25, -0.2) is 4.79 Å². The van der Waals surface area contributed by atoms with Gasteiger partial charge in [-0.15, -0.1) is 0 Å². The smallest absolute Gasteiger partial charge is 0.418 e. The van der Waals surface area contributed by atoms with Crippen LogP contribution in [0.25, 0.3) is 0 Å². The van der Waals surface area contributed by atoms with Crippen molar-refractivity contribution in [2.24, 2.45) is 0 Å². The number of amides is 1. The summed E-state index contributed by atoms with van der Waals surface area (Å²) in [6, 6.07) is 0. The molecule has 0 aliphatic carbocycles. The van der Waals surface area contributed by atoms with Crippen LogP contribution in [0.2, 0.25) is 0 Å². The Balaban J connectivity index is 2.81. The summed E-state index contributed by atoms with van der Waals surface area (Å²) in [5.41, 5.74) is -1.97. The number of hydrogen-bond acceptors (Lipinski definition) is 2. The van der Waals surface area contributed by atoms with Crippen molar-refractivity contribution in [1.82, 2.24) is 9.88 Å². The van der Waals surface area contributed by atoms with Crippen LogP contribution >= 0.6 is 0 Å². The molecule has 0 radical (unpaired) electrons. The third-order valence-corrected chi connectivity index (χ3v) is 2.51. The summed E-state index contributed by atoms with van der Waals surface area (Å²) >= 11 is 0. The zero-order chi connectivity index (χ0) is 14.6. The van der Waals surface area contributed by atoms with Crippen LogP contribution < -0.4 is 5.32 Å². The lowest BCUT2D eigenvalue weighted by Crippen LogP contribution is -2.17. The average molecular weight is 278 g/mol. The average Bonchev–Trinajstić information content (AvgIpc) is 2.73. The first-order valence-electron chi connectivity index (χ1n) is 5.46.